The van der Waals surface area contributed by atoms with Crippen LogP contribution in [-0.2, 0) is 0 Å². The van der Waals surface area contributed by atoms with E-state index in [0.29, 0.717) is 17.5 Å². The van der Waals surface area contributed by atoms with Crippen LogP contribution in [-0.4, -0.2) is 15.0 Å². The molecule has 0 fully saturated rings. The zero-order valence-electron chi connectivity index (χ0n) is 32.5. The molecule has 12 aromatic rings. The number of hydrogen-bond donors (Lipinski definition) is 0. The van der Waals surface area contributed by atoms with Gasteiger partial charge in [0, 0.05) is 16.7 Å². The van der Waals surface area contributed by atoms with E-state index in [1.165, 1.54) is 81.3 Å². The summed E-state index contributed by atoms with van der Waals surface area (Å²) in [6.45, 7) is 0. The van der Waals surface area contributed by atoms with Crippen LogP contribution in [0.4, 0.5) is 0 Å². The van der Waals surface area contributed by atoms with E-state index in [-0.39, 0.29) is 0 Å². The monoisotopic (exact) mass is 761 g/mol. The van der Waals surface area contributed by atoms with Crippen molar-refractivity contribution in [3.8, 4) is 56.4 Å². The molecule has 0 N–H and O–H groups in total. The van der Waals surface area contributed by atoms with Crippen molar-refractivity contribution in [2.45, 2.75) is 0 Å². The van der Waals surface area contributed by atoms with E-state index in [1.807, 2.05) is 60.7 Å². The Morgan fingerprint density at radius 2 is 0.583 bits per heavy atom. The number of aromatic nitrogens is 3. The van der Waals surface area contributed by atoms with Crippen LogP contribution < -0.4 is 0 Å². The first-order valence-corrected chi connectivity index (χ1v) is 20.4. The third-order valence-electron chi connectivity index (χ3n) is 12.1. The summed E-state index contributed by atoms with van der Waals surface area (Å²) in [4.78, 5) is 14.8. The van der Waals surface area contributed by atoms with Gasteiger partial charge in [-0.3, -0.25) is 0 Å². The first-order chi connectivity index (χ1) is 29.8. The van der Waals surface area contributed by atoms with Crippen molar-refractivity contribution >= 4 is 64.6 Å². The summed E-state index contributed by atoms with van der Waals surface area (Å²) in [5.41, 5.74) is 7.59. The van der Waals surface area contributed by atoms with E-state index in [9.17, 15) is 0 Å². The third-order valence-corrected chi connectivity index (χ3v) is 12.1. The minimum absolute atomic E-state index is 0.643. The molecule has 278 valence electrons. The van der Waals surface area contributed by atoms with Gasteiger partial charge in [0.25, 0.3) is 0 Å². The van der Waals surface area contributed by atoms with Crippen molar-refractivity contribution in [3.63, 3.8) is 0 Å². The molecule has 0 bridgehead atoms. The maximum absolute atomic E-state index is 4.97. The Balaban J connectivity index is 1.04. The predicted octanol–water partition coefficient (Wildman–Crippen LogP) is 15.1. The van der Waals surface area contributed by atoms with Crippen LogP contribution in [0.25, 0.3) is 121 Å². The highest BCUT2D eigenvalue weighted by Crippen LogP contribution is 2.45. The van der Waals surface area contributed by atoms with Gasteiger partial charge in [-0.2, -0.15) is 0 Å². The van der Waals surface area contributed by atoms with Gasteiger partial charge in [0.1, 0.15) is 0 Å². The number of benzene rings is 10. The molecule has 1 aromatic heterocycles. The lowest BCUT2D eigenvalue weighted by atomic mass is 9.86. The fourth-order valence-electron chi connectivity index (χ4n) is 9.35. The summed E-state index contributed by atoms with van der Waals surface area (Å²) in [7, 11) is 0. The van der Waals surface area contributed by atoms with E-state index in [0.717, 1.165) is 22.3 Å². The fourth-order valence-corrected chi connectivity index (χ4v) is 9.35. The summed E-state index contributed by atoms with van der Waals surface area (Å²) in [6, 6.07) is 76.2. The van der Waals surface area contributed by atoms with Crippen LogP contribution in [0.1, 0.15) is 0 Å². The van der Waals surface area contributed by atoms with E-state index in [2.05, 4.69) is 152 Å². The second-order valence-corrected chi connectivity index (χ2v) is 15.5. The smallest absolute Gasteiger partial charge is 0.164 e. The van der Waals surface area contributed by atoms with E-state index >= 15 is 0 Å². The zero-order valence-corrected chi connectivity index (χ0v) is 32.5. The average Bonchev–Trinajstić information content (AvgIpc) is 3.33. The normalized spacial score (nSPS) is 11.7. The first kappa shape index (κ1) is 34.1. The molecule has 12 rings (SSSR count). The van der Waals surface area contributed by atoms with E-state index in [4.69, 9.17) is 15.0 Å². The van der Waals surface area contributed by atoms with Crippen molar-refractivity contribution < 1.29 is 0 Å². The van der Waals surface area contributed by atoms with Gasteiger partial charge >= 0.3 is 0 Å². The summed E-state index contributed by atoms with van der Waals surface area (Å²) in [5.74, 6) is 1.95. The van der Waals surface area contributed by atoms with E-state index in [1.54, 1.807) is 0 Å². The first-order valence-electron chi connectivity index (χ1n) is 20.4. The van der Waals surface area contributed by atoms with Crippen molar-refractivity contribution in [2.24, 2.45) is 0 Å². The SMILES string of the molecule is c1ccc(-c2nc(-c3ccccc3)nc(-c3ccc(-c4ccc(-c5cccc6c7cccc8ccc9cccc(c%10ccccc%10c56)c9c87)c5ccccc45)cc3)n2)cc1. The van der Waals surface area contributed by atoms with Gasteiger partial charge in [-0.05, 0) is 86.9 Å². The van der Waals surface area contributed by atoms with Gasteiger partial charge in [0.15, 0.2) is 17.5 Å². The van der Waals surface area contributed by atoms with E-state index < -0.39 is 0 Å². The Kier molecular flexibility index (Phi) is 7.85. The van der Waals surface area contributed by atoms with Crippen molar-refractivity contribution in [1.29, 1.82) is 0 Å². The molecular weight excluding hydrogens is 727 g/mol. The van der Waals surface area contributed by atoms with Crippen LogP contribution in [0.5, 0.6) is 0 Å². The molecule has 0 aliphatic heterocycles. The number of rotatable bonds is 5. The highest BCUT2D eigenvalue weighted by molar-refractivity contribution is 6.34. The Morgan fingerprint density at radius 1 is 0.200 bits per heavy atom. The minimum atomic E-state index is 0.643. The Bertz CT molecular complexity index is 3580. The third kappa shape index (κ3) is 5.48. The maximum Gasteiger partial charge on any atom is 0.164 e. The van der Waals surface area contributed by atoms with Gasteiger partial charge in [0.05, 0.1) is 0 Å². The van der Waals surface area contributed by atoms with Gasteiger partial charge < -0.3 is 0 Å². The van der Waals surface area contributed by atoms with Gasteiger partial charge in [-0.1, -0.05) is 212 Å². The lowest BCUT2D eigenvalue weighted by Crippen LogP contribution is -2.00. The molecule has 0 saturated heterocycles. The molecule has 1 heterocycles. The number of fused-ring (bicyclic) bond motifs is 6. The molecule has 0 saturated carbocycles. The van der Waals surface area contributed by atoms with Crippen LogP contribution >= 0.6 is 0 Å². The van der Waals surface area contributed by atoms with Gasteiger partial charge in [-0.25, -0.2) is 15.0 Å². The number of hydrogen-bond acceptors (Lipinski definition) is 3. The molecule has 60 heavy (non-hydrogen) atoms. The van der Waals surface area contributed by atoms with Crippen LogP contribution in [0.15, 0.2) is 212 Å². The highest BCUT2D eigenvalue weighted by Gasteiger charge is 2.18. The quantitative estimate of drug-likeness (QED) is 0.164. The molecular formula is C57H35N3. The molecule has 11 aromatic carbocycles. The van der Waals surface area contributed by atoms with Crippen LogP contribution in [0.2, 0.25) is 0 Å². The fraction of sp³-hybridized carbons (Fsp3) is 0. The molecule has 3 heteroatoms. The maximum atomic E-state index is 4.97. The Morgan fingerprint density at radius 3 is 1.17 bits per heavy atom. The van der Waals surface area contributed by atoms with Crippen molar-refractivity contribution in [3.05, 3.63) is 212 Å². The zero-order chi connectivity index (χ0) is 39.6. The second kappa shape index (κ2) is 13.8. The topological polar surface area (TPSA) is 38.7 Å². The molecule has 0 spiro atoms. The van der Waals surface area contributed by atoms with Crippen LogP contribution in [0.3, 0.4) is 0 Å². The van der Waals surface area contributed by atoms with Crippen molar-refractivity contribution in [1.82, 2.24) is 15.0 Å². The molecule has 0 aliphatic carbocycles. The Labute approximate surface area is 346 Å². The minimum Gasteiger partial charge on any atom is -0.208 e. The molecule has 3 nitrogen and oxygen atoms in total. The summed E-state index contributed by atoms with van der Waals surface area (Å²) in [6.07, 6.45) is 0. The van der Waals surface area contributed by atoms with Crippen LogP contribution in [0, 0.1) is 0 Å². The van der Waals surface area contributed by atoms with Crippen molar-refractivity contribution in [2.75, 3.05) is 0 Å². The second-order valence-electron chi connectivity index (χ2n) is 15.5. The molecule has 0 aliphatic rings. The molecule has 0 radical (unpaired) electrons. The summed E-state index contributed by atoms with van der Waals surface area (Å²) in [5, 5.41) is 15.1. The summed E-state index contributed by atoms with van der Waals surface area (Å²) >= 11 is 0. The number of nitrogens with zero attached hydrogens (tertiary/aromatic N) is 3. The Hall–Kier alpha value is -8.01. The van der Waals surface area contributed by atoms with Gasteiger partial charge in [-0.15, -0.1) is 0 Å². The average molecular weight is 762 g/mol. The largest absolute Gasteiger partial charge is 0.208 e. The lowest BCUT2D eigenvalue weighted by Gasteiger charge is -2.17. The summed E-state index contributed by atoms with van der Waals surface area (Å²) < 4.78 is 0. The highest BCUT2D eigenvalue weighted by atomic mass is 15.0. The molecule has 0 unspecified atom stereocenters. The predicted molar refractivity (Wildman–Crippen MR) is 252 cm³/mol. The standard InChI is InChI=1S/C57H35N3/c1-3-14-39(15-4-1)55-58-56(40-16-5-2-6-17-40)60-57(59-55)41-32-28-36(29-33-41)42-34-35-46(44-21-8-7-20-43(42)44)49-26-13-27-51-50-25-12-19-38-31-30-37-18-11-24-47(52(37)53(38)50)45-22-9-10-23-48(45)54(49)51/h1-35H. The lowest BCUT2D eigenvalue weighted by molar-refractivity contribution is 1.07. The molecule has 0 amide bonds. The van der Waals surface area contributed by atoms with Gasteiger partial charge in [0.2, 0.25) is 0 Å². The molecule has 0 atom stereocenters.